The zero-order valence-electron chi connectivity index (χ0n) is 62.1. The van der Waals surface area contributed by atoms with E-state index in [2.05, 4.69) is 86.8 Å². The van der Waals surface area contributed by atoms with Crippen LogP contribution in [0, 0.1) is 0 Å². The quantitative estimate of drug-likeness (QED) is 0.0195. The van der Waals surface area contributed by atoms with Crippen LogP contribution in [-0.4, -0.2) is 82.3 Å². The minimum absolute atomic E-state index is 0.147. The predicted octanol–water partition coefficient (Wildman–Crippen LogP) is 24.3. The first-order valence-electron chi connectivity index (χ1n) is 40.1. The van der Waals surface area contributed by atoms with E-state index < -0.39 is 24.3 Å². The largest absolute Gasteiger partial charge is 0.545 e. The summed E-state index contributed by atoms with van der Waals surface area (Å²) in [6, 6.07) is 0. The first-order valence-corrected chi connectivity index (χ1v) is 40.1. The third kappa shape index (κ3) is 76.0. The lowest BCUT2D eigenvalue weighted by molar-refractivity contribution is -0.870. The molecule has 2 atom stereocenters. The Kier molecular flexibility index (Phi) is 71.9. The van der Waals surface area contributed by atoms with Gasteiger partial charge in [0, 0.05) is 12.8 Å². The van der Waals surface area contributed by atoms with Crippen LogP contribution in [0.2, 0.25) is 0 Å². The van der Waals surface area contributed by atoms with Crippen LogP contribution < -0.4 is 5.11 Å². The van der Waals surface area contributed by atoms with Crippen molar-refractivity contribution >= 4 is 17.9 Å². The first-order chi connectivity index (χ1) is 45.6. The molecule has 0 saturated heterocycles. The van der Waals surface area contributed by atoms with Gasteiger partial charge in [0.05, 0.1) is 40.3 Å². The van der Waals surface area contributed by atoms with Crippen LogP contribution in [0.4, 0.5) is 0 Å². The number of unbranched alkanes of at least 4 members (excludes halogenated alkanes) is 48. The summed E-state index contributed by atoms with van der Waals surface area (Å²) in [7, 11) is 5.94. The van der Waals surface area contributed by atoms with Gasteiger partial charge in [-0.25, -0.2) is 0 Å². The maximum atomic E-state index is 13.0. The summed E-state index contributed by atoms with van der Waals surface area (Å²) < 4.78 is 22.9. The molecule has 0 radical (unpaired) electrons. The molecule has 0 aliphatic heterocycles. The van der Waals surface area contributed by atoms with Gasteiger partial charge in [0.25, 0.3) is 0 Å². The number of allylic oxidation sites excluding steroid dienone is 12. The van der Waals surface area contributed by atoms with Crippen LogP contribution >= 0.6 is 0 Å². The number of likely N-dealkylation sites (N-methyl/N-ethyl adjacent to an activating group) is 1. The van der Waals surface area contributed by atoms with Gasteiger partial charge < -0.3 is 33.3 Å². The average molecular weight is 1310 g/mol. The normalized spacial score (nSPS) is 13.0. The summed E-state index contributed by atoms with van der Waals surface area (Å²) in [6.45, 7) is 4.69. The first kappa shape index (κ1) is 89.7. The van der Waals surface area contributed by atoms with Crippen molar-refractivity contribution in [2.45, 2.75) is 399 Å². The van der Waals surface area contributed by atoms with E-state index in [1.807, 2.05) is 21.1 Å². The van der Waals surface area contributed by atoms with Gasteiger partial charge in [-0.05, 0) is 83.5 Å². The standard InChI is InChI=1S/C84H153NO8/c1-6-8-10-12-14-16-18-20-22-24-26-28-30-32-34-36-37-38-39-40-41-42-43-44-45-47-48-50-52-54-56-58-60-62-64-66-68-70-72-74-81(86)91-78-80(79-92-84(83(88)89)90-77-76-85(3,4)5)93-82(87)75-73-71-69-67-65-63-61-59-57-55-53-51-49-46-35-33-31-29-27-25-23-21-19-17-15-13-11-9-7-2/h9,11,15,17,21,23-24,26-27,29,33,35,80,84H,6-8,10,12-14,16,18-20,22,25,28,30-32,34,36-79H2,1-5H3/b11-9-,17-15-,23-21-,26-24-,29-27-,35-33-. The number of ether oxygens (including phenoxy) is 4. The number of rotatable bonds is 75. The molecular formula is C84H153NO8. The van der Waals surface area contributed by atoms with Gasteiger partial charge in [0.1, 0.15) is 13.2 Å². The Labute approximate surface area is 577 Å². The molecule has 93 heavy (non-hydrogen) atoms. The molecule has 0 bridgehead atoms. The van der Waals surface area contributed by atoms with E-state index in [9.17, 15) is 19.5 Å². The lowest BCUT2D eigenvalue weighted by Gasteiger charge is -2.26. The molecule has 9 nitrogen and oxygen atoms in total. The van der Waals surface area contributed by atoms with E-state index in [1.165, 1.54) is 283 Å². The monoisotopic (exact) mass is 1300 g/mol. The minimum Gasteiger partial charge on any atom is -0.545 e. The summed E-state index contributed by atoms with van der Waals surface area (Å²) in [5.41, 5.74) is 0. The van der Waals surface area contributed by atoms with E-state index in [0.717, 1.165) is 70.6 Å². The highest BCUT2D eigenvalue weighted by molar-refractivity contribution is 5.70. The van der Waals surface area contributed by atoms with Crippen LogP contribution in [0.25, 0.3) is 0 Å². The summed E-state index contributed by atoms with van der Waals surface area (Å²) in [5.74, 6) is -2.26. The van der Waals surface area contributed by atoms with Crippen LogP contribution in [0.1, 0.15) is 386 Å². The number of esters is 2. The number of hydrogen-bond acceptors (Lipinski definition) is 8. The molecule has 0 N–H and O–H groups in total. The van der Waals surface area contributed by atoms with E-state index in [1.54, 1.807) is 0 Å². The fourth-order valence-corrected chi connectivity index (χ4v) is 11.9. The van der Waals surface area contributed by atoms with Crippen molar-refractivity contribution in [2.24, 2.45) is 0 Å². The van der Waals surface area contributed by atoms with Crippen LogP contribution in [0.3, 0.4) is 0 Å². The van der Waals surface area contributed by atoms with Crippen LogP contribution in [0.15, 0.2) is 72.9 Å². The van der Waals surface area contributed by atoms with Gasteiger partial charge in [-0.15, -0.1) is 0 Å². The molecule has 0 aromatic rings. The Morgan fingerprint density at radius 2 is 0.613 bits per heavy atom. The molecule has 0 fully saturated rings. The fourth-order valence-electron chi connectivity index (χ4n) is 11.9. The zero-order valence-corrected chi connectivity index (χ0v) is 62.1. The predicted molar refractivity (Wildman–Crippen MR) is 398 cm³/mol. The average Bonchev–Trinajstić information content (AvgIpc) is 3.74. The van der Waals surface area contributed by atoms with Gasteiger partial charge in [0.2, 0.25) is 0 Å². The van der Waals surface area contributed by atoms with Gasteiger partial charge in [-0.2, -0.15) is 0 Å². The number of carbonyl (C=O) groups is 3. The number of carbonyl (C=O) groups excluding carboxylic acids is 3. The van der Waals surface area contributed by atoms with E-state index >= 15 is 0 Å². The van der Waals surface area contributed by atoms with Gasteiger partial charge >= 0.3 is 11.9 Å². The van der Waals surface area contributed by atoms with E-state index in [-0.39, 0.29) is 32.2 Å². The van der Waals surface area contributed by atoms with Crippen molar-refractivity contribution < 1.29 is 42.9 Å². The molecule has 0 aliphatic carbocycles. The topological polar surface area (TPSA) is 111 Å². The summed E-state index contributed by atoms with van der Waals surface area (Å²) >= 11 is 0. The highest BCUT2D eigenvalue weighted by Gasteiger charge is 2.22. The molecule has 0 saturated carbocycles. The molecule has 0 aliphatic rings. The zero-order chi connectivity index (χ0) is 67.5. The fraction of sp³-hybridized carbons (Fsp3) is 0.821. The Balaban J connectivity index is 3.97. The second-order valence-electron chi connectivity index (χ2n) is 28.3. The second kappa shape index (κ2) is 74.5. The minimum atomic E-state index is -1.62. The van der Waals surface area contributed by atoms with Gasteiger partial charge in [-0.3, -0.25) is 9.59 Å². The molecule has 2 unspecified atom stereocenters. The second-order valence-corrected chi connectivity index (χ2v) is 28.3. The maximum absolute atomic E-state index is 13.0. The third-order valence-electron chi connectivity index (χ3n) is 17.9. The van der Waals surface area contributed by atoms with Crippen molar-refractivity contribution in [3.8, 4) is 0 Å². The number of quaternary nitrogens is 1. The highest BCUT2D eigenvalue weighted by atomic mass is 16.7. The summed E-state index contributed by atoms with van der Waals surface area (Å²) in [5, 5.41) is 11.9. The lowest BCUT2D eigenvalue weighted by Crippen LogP contribution is -2.44. The molecule has 542 valence electrons. The number of carboxylic acid groups (broad SMARTS) is 1. The van der Waals surface area contributed by atoms with Crippen molar-refractivity contribution in [3.05, 3.63) is 72.9 Å². The van der Waals surface area contributed by atoms with Gasteiger partial charge in [-0.1, -0.05) is 363 Å². The lowest BCUT2D eigenvalue weighted by atomic mass is 10.0. The molecule has 0 amide bonds. The molecule has 0 aromatic heterocycles. The summed E-state index contributed by atoms with van der Waals surface area (Å²) in [6.07, 6.45) is 97.5. The SMILES string of the molecule is CC/C=C\C/C=C\C/C=C\C/C=C\C/C=C\CCCCCCCCCCCCCCCC(=O)OC(COC(=O)CCCCCCCCCCCCCCCCCCCCCCCCCCCCC/C=C\CCCCCCCCCC)COC(OCC[N+](C)(C)C)C(=O)[O-]. The molecule has 0 aromatic carbocycles. The van der Waals surface area contributed by atoms with E-state index in [0.29, 0.717) is 23.9 Å². The Bertz CT molecular complexity index is 1760. The molecule has 0 rings (SSSR count). The summed E-state index contributed by atoms with van der Waals surface area (Å²) in [4.78, 5) is 37.6. The van der Waals surface area contributed by atoms with Crippen molar-refractivity contribution in [3.63, 3.8) is 0 Å². The Morgan fingerprint density at radius 3 is 0.925 bits per heavy atom. The van der Waals surface area contributed by atoms with Crippen molar-refractivity contribution in [1.82, 2.24) is 0 Å². The highest BCUT2D eigenvalue weighted by Crippen LogP contribution is 2.19. The van der Waals surface area contributed by atoms with Crippen LogP contribution in [-0.2, 0) is 33.3 Å². The number of nitrogens with zero attached hydrogens (tertiary/aromatic N) is 1. The number of carboxylic acids is 1. The van der Waals surface area contributed by atoms with Crippen molar-refractivity contribution in [1.29, 1.82) is 0 Å². The van der Waals surface area contributed by atoms with Crippen molar-refractivity contribution in [2.75, 3.05) is 47.5 Å². The van der Waals surface area contributed by atoms with Crippen LogP contribution in [0.5, 0.6) is 0 Å². The smallest absolute Gasteiger partial charge is 0.306 e. The maximum Gasteiger partial charge on any atom is 0.306 e. The van der Waals surface area contributed by atoms with E-state index in [4.69, 9.17) is 18.9 Å². The number of hydrogen-bond donors (Lipinski definition) is 0. The molecule has 0 heterocycles. The molecule has 9 heteroatoms. The number of aliphatic carboxylic acids is 1. The molecule has 0 spiro atoms. The molecular weight excluding hydrogens is 1150 g/mol. The van der Waals surface area contributed by atoms with Gasteiger partial charge in [0.15, 0.2) is 12.4 Å². The Hall–Kier alpha value is -3.27. The Morgan fingerprint density at radius 1 is 0.333 bits per heavy atom. The third-order valence-corrected chi connectivity index (χ3v) is 17.9.